The highest BCUT2D eigenvalue weighted by atomic mass is 16.5. The van der Waals surface area contributed by atoms with Crippen LogP contribution < -0.4 is 10.1 Å². The summed E-state index contributed by atoms with van der Waals surface area (Å²) in [6.07, 6.45) is 1.60. The van der Waals surface area contributed by atoms with Crippen LogP contribution in [0.15, 0.2) is 42.6 Å². The molecule has 1 amide bonds. The number of carbonyl (C=O) groups excluding carboxylic acids is 1. The standard InChI is InChI=1S/C18H17N5O2/c1-11-9-12(2)21-18(20-11)23-16(7-8-19-23)22-17(24)15-10-13-5-3-4-6-14(13)25-15/h3-9,15H,10H2,1-2H3,(H,22,24)/t15-/m1/s1. The fourth-order valence-corrected chi connectivity index (χ4v) is 2.89. The number of ether oxygens (including phenoxy) is 1. The maximum atomic E-state index is 12.6. The van der Waals surface area contributed by atoms with Crippen molar-refractivity contribution in [3.8, 4) is 11.7 Å². The van der Waals surface area contributed by atoms with E-state index in [1.54, 1.807) is 12.3 Å². The average molecular weight is 335 g/mol. The summed E-state index contributed by atoms with van der Waals surface area (Å²) in [4.78, 5) is 21.3. The number of fused-ring (bicyclic) bond motifs is 1. The number of amides is 1. The molecule has 1 aliphatic heterocycles. The Labute approximate surface area is 144 Å². The molecule has 2 aromatic heterocycles. The number of benzene rings is 1. The van der Waals surface area contributed by atoms with Crippen LogP contribution in [0, 0.1) is 13.8 Å². The van der Waals surface area contributed by atoms with Crippen LogP contribution in [0.3, 0.4) is 0 Å². The second-order valence-corrected chi connectivity index (χ2v) is 5.99. The highest BCUT2D eigenvalue weighted by Crippen LogP contribution is 2.28. The molecule has 0 radical (unpaired) electrons. The lowest BCUT2D eigenvalue weighted by atomic mass is 10.1. The number of aryl methyl sites for hydroxylation is 2. The summed E-state index contributed by atoms with van der Waals surface area (Å²) in [6, 6.07) is 11.3. The van der Waals surface area contributed by atoms with Crippen LogP contribution in [-0.4, -0.2) is 31.8 Å². The molecule has 25 heavy (non-hydrogen) atoms. The molecule has 1 aromatic carbocycles. The van der Waals surface area contributed by atoms with Gasteiger partial charge in [-0.2, -0.15) is 9.78 Å². The predicted molar refractivity (Wildman–Crippen MR) is 91.8 cm³/mol. The summed E-state index contributed by atoms with van der Waals surface area (Å²) in [6.45, 7) is 3.78. The summed E-state index contributed by atoms with van der Waals surface area (Å²) in [7, 11) is 0. The molecule has 7 nitrogen and oxygen atoms in total. The van der Waals surface area contributed by atoms with Gasteiger partial charge < -0.3 is 10.1 Å². The number of aromatic nitrogens is 4. The number of carbonyl (C=O) groups is 1. The Kier molecular flexibility index (Phi) is 3.68. The number of rotatable bonds is 3. The molecular formula is C18H17N5O2. The third-order valence-electron chi connectivity index (χ3n) is 3.99. The highest BCUT2D eigenvalue weighted by Gasteiger charge is 2.29. The number of para-hydroxylation sites is 1. The van der Waals surface area contributed by atoms with E-state index in [9.17, 15) is 4.79 Å². The average Bonchev–Trinajstić information content (AvgIpc) is 3.20. The van der Waals surface area contributed by atoms with Gasteiger partial charge in [-0.3, -0.25) is 4.79 Å². The van der Waals surface area contributed by atoms with Crippen molar-refractivity contribution < 1.29 is 9.53 Å². The molecule has 7 heteroatoms. The minimum absolute atomic E-state index is 0.220. The summed E-state index contributed by atoms with van der Waals surface area (Å²) < 4.78 is 7.24. The van der Waals surface area contributed by atoms with Crippen LogP contribution in [0.1, 0.15) is 17.0 Å². The number of nitrogens with zero attached hydrogens (tertiary/aromatic N) is 4. The third kappa shape index (κ3) is 2.96. The fourth-order valence-electron chi connectivity index (χ4n) is 2.89. The van der Waals surface area contributed by atoms with Crippen molar-refractivity contribution in [2.75, 3.05) is 5.32 Å². The third-order valence-corrected chi connectivity index (χ3v) is 3.99. The lowest BCUT2D eigenvalue weighted by Gasteiger charge is -2.12. The Bertz CT molecular complexity index is 905. The van der Waals surface area contributed by atoms with E-state index in [0.717, 1.165) is 22.7 Å². The van der Waals surface area contributed by atoms with Crippen LogP contribution in [0.2, 0.25) is 0 Å². The van der Waals surface area contributed by atoms with E-state index in [1.165, 1.54) is 4.68 Å². The van der Waals surface area contributed by atoms with Crippen LogP contribution >= 0.6 is 0 Å². The van der Waals surface area contributed by atoms with E-state index in [4.69, 9.17) is 4.74 Å². The Morgan fingerprint density at radius 1 is 1.20 bits per heavy atom. The van der Waals surface area contributed by atoms with Crippen molar-refractivity contribution in [3.63, 3.8) is 0 Å². The van der Waals surface area contributed by atoms with E-state index in [1.807, 2.05) is 44.2 Å². The summed E-state index contributed by atoms with van der Waals surface area (Å²) in [5, 5.41) is 7.09. The van der Waals surface area contributed by atoms with Crippen molar-refractivity contribution in [2.24, 2.45) is 0 Å². The van der Waals surface area contributed by atoms with Gasteiger partial charge in [-0.1, -0.05) is 18.2 Å². The molecule has 0 bridgehead atoms. The number of hydrogen-bond acceptors (Lipinski definition) is 5. The summed E-state index contributed by atoms with van der Waals surface area (Å²) in [5.41, 5.74) is 2.71. The van der Waals surface area contributed by atoms with Crippen molar-refractivity contribution >= 4 is 11.7 Å². The first kappa shape index (κ1) is 15.3. The highest BCUT2D eigenvalue weighted by molar-refractivity contribution is 5.94. The Hall–Kier alpha value is -3.22. The first-order chi connectivity index (χ1) is 12.1. The van der Waals surface area contributed by atoms with E-state index in [-0.39, 0.29) is 5.91 Å². The molecule has 0 spiro atoms. The van der Waals surface area contributed by atoms with Crippen molar-refractivity contribution in [1.29, 1.82) is 0 Å². The maximum Gasteiger partial charge on any atom is 0.266 e. The quantitative estimate of drug-likeness (QED) is 0.794. The number of hydrogen-bond donors (Lipinski definition) is 1. The van der Waals surface area contributed by atoms with Crippen LogP contribution in [0.5, 0.6) is 5.75 Å². The lowest BCUT2D eigenvalue weighted by molar-refractivity contribution is -0.122. The SMILES string of the molecule is Cc1cc(C)nc(-n2nccc2NC(=O)[C@H]2Cc3ccccc3O2)n1. The van der Waals surface area contributed by atoms with Gasteiger partial charge in [0.15, 0.2) is 6.10 Å². The van der Waals surface area contributed by atoms with Gasteiger partial charge in [0.1, 0.15) is 11.6 Å². The van der Waals surface area contributed by atoms with Gasteiger partial charge in [-0.25, -0.2) is 9.97 Å². The summed E-state index contributed by atoms with van der Waals surface area (Å²) in [5.74, 6) is 1.47. The minimum atomic E-state index is -0.555. The molecule has 0 saturated carbocycles. The molecule has 1 N–H and O–H groups in total. The molecule has 0 aliphatic carbocycles. The molecule has 0 unspecified atom stereocenters. The molecule has 1 atom stereocenters. The molecular weight excluding hydrogens is 318 g/mol. The van der Waals surface area contributed by atoms with Gasteiger partial charge >= 0.3 is 0 Å². The largest absolute Gasteiger partial charge is 0.480 e. The van der Waals surface area contributed by atoms with Gasteiger partial charge in [-0.15, -0.1) is 0 Å². The van der Waals surface area contributed by atoms with Crippen molar-refractivity contribution in [2.45, 2.75) is 26.4 Å². The van der Waals surface area contributed by atoms with E-state index < -0.39 is 6.10 Å². The molecule has 0 saturated heterocycles. The maximum absolute atomic E-state index is 12.6. The van der Waals surface area contributed by atoms with E-state index in [2.05, 4.69) is 20.4 Å². The van der Waals surface area contributed by atoms with Crippen LogP contribution in [-0.2, 0) is 11.2 Å². The Morgan fingerprint density at radius 2 is 1.96 bits per heavy atom. The predicted octanol–water partition coefficient (Wildman–Crippen LogP) is 2.22. The second kappa shape index (κ2) is 6.01. The van der Waals surface area contributed by atoms with E-state index in [0.29, 0.717) is 18.2 Å². The first-order valence-electron chi connectivity index (χ1n) is 8.02. The molecule has 3 aromatic rings. The van der Waals surface area contributed by atoms with Crippen LogP contribution in [0.4, 0.5) is 5.82 Å². The van der Waals surface area contributed by atoms with Gasteiger partial charge in [0.2, 0.25) is 0 Å². The molecule has 126 valence electrons. The smallest absolute Gasteiger partial charge is 0.266 e. The molecule has 4 rings (SSSR count). The zero-order chi connectivity index (χ0) is 17.4. The molecule has 3 heterocycles. The van der Waals surface area contributed by atoms with Gasteiger partial charge in [0.25, 0.3) is 11.9 Å². The van der Waals surface area contributed by atoms with Crippen molar-refractivity contribution in [3.05, 3.63) is 59.5 Å². The van der Waals surface area contributed by atoms with Gasteiger partial charge in [0, 0.05) is 23.9 Å². The van der Waals surface area contributed by atoms with Crippen LogP contribution in [0.25, 0.3) is 5.95 Å². The topological polar surface area (TPSA) is 81.9 Å². The fraction of sp³-hybridized carbons (Fsp3) is 0.222. The van der Waals surface area contributed by atoms with Gasteiger partial charge in [-0.05, 0) is 31.5 Å². The Balaban J connectivity index is 1.55. The normalized spacial score (nSPS) is 15.5. The minimum Gasteiger partial charge on any atom is -0.480 e. The number of nitrogens with one attached hydrogen (secondary N) is 1. The van der Waals surface area contributed by atoms with Crippen molar-refractivity contribution in [1.82, 2.24) is 19.7 Å². The lowest BCUT2D eigenvalue weighted by Crippen LogP contribution is -2.32. The first-order valence-corrected chi connectivity index (χ1v) is 8.02. The van der Waals surface area contributed by atoms with Gasteiger partial charge in [0.05, 0.1) is 6.20 Å². The van der Waals surface area contributed by atoms with E-state index >= 15 is 0 Å². The second-order valence-electron chi connectivity index (χ2n) is 5.99. The zero-order valence-electron chi connectivity index (χ0n) is 13.9. The number of anilines is 1. The Morgan fingerprint density at radius 3 is 2.72 bits per heavy atom. The molecule has 0 fully saturated rings. The molecule has 1 aliphatic rings. The monoisotopic (exact) mass is 335 g/mol. The zero-order valence-corrected chi connectivity index (χ0v) is 13.9. The summed E-state index contributed by atoms with van der Waals surface area (Å²) >= 11 is 0.